The van der Waals surface area contributed by atoms with Gasteiger partial charge in [0.15, 0.2) is 0 Å². The summed E-state index contributed by atoms with van der Waals surface area (Å²) in [7, 11) is 2.00. The molecule has 0 aliphatic rings. The fourth-order valence-electron chi connectivity index (χ4n) is 0.154. The quantitative estimate of drug-likeness (QED) is 0.520. The van der Waals surface area contributed by atoms with E-state index < -0.39 is 15.1 Å². The summed E-state index contributed by atoms with van der Waals surface area (Å²) in [6.45, 7) is 1.11. The van der Waals surface area contributed by atoms with Crippen molar-refractivity contribution in [2.75, 3.05) is 7.05 Å². The lowest BCUT2D eigenvalue weighted by Gasteiger charge is -2.07. The maximum atomic E-state index is 10.3. The molecule has 6 heteroatoms. The van der Waals surface area contributed by atoms with Gasteiger partial charge in [0.2, 0.25) is 5.91 Å². The van der Waals surface area contributed by atoms with Crippen molar-refractivity contribution in [3.05, 3.63) is 0 Å². The van der Waals surface area contributed by atoms with Gasteiger partial charge in [-0.25, -0.2) is 4.31 Å². The molecule has 0 aliphatic carbocycles. The Kier molecular flexibility index (Phi) is 2.45. The second-order valence-corrected chi connectivity index (χ2v) is 3.97. The molecule has 0 saturated carbocycles. The zero-order valence-electron chi connectivity index (χ0n) is 4.96. The molecule has 1 amide bonds. The van der Waals surface area contributed by atoms with Crippen LogP contribution in [0, 0.1) is 0 Å². The molecule has 9 heavy (non-hydrogen) atoms. The van der Waals surface area contributed by atoms with Crippen molar-refractivity contribution >= 4 is 25.8 Å². The Hall–Kier alpha value is -0.290. The summed E-state index contributed by atoms with van der Waals surface area (Å²) in [4.78, 5) is 10.3. The van der Waals surface area contributed by atoms with Crippen LogP contribution in [0.1, 0.15) is 6.92 Å². The SMILES string of the molecule is CC(=O)N(C)S(=O)(=O)Cl. The van der Waals surface area contributed by atoms with Gasteiger partial charge in [0, 0.05) is 24.7 Å². The van der Waals surface area contributed by atoms with E-state index in [1.54, 1.807) is 0 Å². The minimum Gasteiger partial charge on any atom is -0.274 e. The van der Waals surface area contributed by atoms with E-state index in [2.05, 4.69) is 0 Å². The summed E-state index contributed by atoms with van der Waals surface area (Å²) >= 11 is 0. The molecule has 4 nitrogen and oxygen atoms in total. The van der Waals surface area contributed by atoms with E-state index in [1.807, 2.05) is 0 Å². The summed E-state index contributed by atoms with van der Waals surface area (Å²) in [6.07, 6.45) is 0. The molecule has 0 rings (SSSR count). The van der Waals surface area contributed by atoms with Gasteiger partial charge in [0.25, 0.3) is 0 Å². The van der Waals surface area contributed by atoms with Crippen molar-refractivity contribution < 1.29 is 13.2 Å². The zero-order valence-corrected chi connectivity index (χ0v) is 6.53. The Morgan fingerprint density at radius 2 is 1.89 bits per heavy atom. The molecule has 54 valence electrons. The highest BCUT2D eigenvalue weighted by atomic mass is 35.7. The summed E-state index contributed by atoms with van der Waals surface area (Å²) in [5.41, 5.74) is 0. The van der Waals surface area contributed by atoms with Gasteiger partial charge in [-0.2, -0.15) is 8.42 Å². The van der Waals surface area contributed by atoms with Crippen molar-refractivity contribution in [2.45, 2.75) is 6.92 Å². The molecule has 0 aliphatic heterocycles. The molecule has 0 saturated heterocycles. The van der Waals surface area contributed by atoms with E-state index in [1.165, 1.54) is 0 Å². The van der Waals surface area contributed by atoms with Crippen molar-refractivity contribution in [3.63, 3.8) is 0 Å². The van der Waals surface area contributed by atoms with Crippen LogP contribution in [0.25, 0.3) is 0 Å². The third kappa shape index (κ3) is 2.67. The molecule has 0 aromatic heterocycles. The van der Waals surface area contributed by atoms with Crippen molar-refractivity contribution in [2.24, 2.45) is 0 Å². The Morgan fingerprint density at radius 3 is 1.89 bits per heavy atom. The van der Waals surface area contributed by atoms with Crippen molar-refractivity contribution in [1.82, 2.24) is 4.31 Å². The van der Waals surface area contributed by atoms with Crippen LogP contribution in [0.5, 0.6) is 0 Å². The number of halogens is 1. The smallest absolute Gasteiger partial charge is 0.274 e. The number of hydrogen-bond donors (Lipinski definition) is 0. The van der Waals surface area contributed by atoms with Crippen LogP contribution >= 0.6 is 10.7 Å². The molecule has 0 aromatic rings. The van der Waals surface area contributed by atoms with E-state index >= 15 is 0 Å². The van der Waals surface area contributed by atoms with Crippen LogP contribution in [-0.2, 0) is 14.0 Å². The molecule has 0 atom stereocenters. The average Bonchev–Trinajstić information content (AvgIpc) is 1.62. The molecule has 0 bridgehead atoms. The van der Waals surface area contributed by atoms with Crippen molar-refractivity contribution in [3.8, 4) is 0 Å². The third-order valence-electron chi connectivity index (χ3n) is 0.771. The predicted octanol–water partition coefficient (Wildman–Crippen LogP) is -0.0517. The van der Waals surface area contributed by atoms with Gasteiger partial charge >= 0.3 is 9.24 Å². The summed E-state index contributed by atoms with van der Waals surface area (Å²) in [5.74, 6) is -0.606. The second-order valence-electron chi connectivity index (χ2n) is 1.43. The third-order valence-corrected chi connectivity index (χ3v) is 2.30. The number of carbonyl (C=O) groups is 1. The Bertz CT molecular complexity index is 209. The normalized spacial score (nSPS) is 11.0. The zero-order chi connectivity index (χ0) is 7.65. The molecule has 0 heterocycles. The first-order valence-corrected chi connectivity index (χ1v) is 4.31. The highest BCUT2D eigenvalue weighted by molar-refractivity contribution is 8.12. The first-order valence-electron chi connectivity index (χ1n) is 2.05. The Labute approximate surface area is 58.0 Å². The first kappa shape index (κ1) is 8.71. The minimum absolute atomic E-state index is 0.453. The first-order chi connectivity index (χ1) is 3.85. The summed E-state index contributed by atoms with van der Waals surface area (Å²) in [6, 6.07) is 0. The summed E-state index contributed by atoms with van der Waals surface area (Å²) in [5, 5.41) is 0. The fourth-order valence-corrected chi connectivity index (χ4v) is 0.752. The summed E-state index contributed by atoms with van der Waals surface area (Å²) < 4.78 is 20.9. The van der Waals surface area contributed by atoms with Gasteiger partial charge in [0.05, 0.1) is 0 Å². The lowest BCUT2D eigenvalue weighted by Crippen LogP contribution is -2.26. The predicted molar refractivity (Wildman–Crippen MR) is 33.2 cm³/mol. The number of carbonyl (C=O) groups excluding carboxylic acids is 1. The lowest BCUT2D eigenvalue weighted by molar-refractivity contribution is -0.123. The lowest BCUT2D eigenvalue weighted by atomic mass is 10.7. The van der Waals surface area contributed by atoms with Gasteiger partial charge in [0.1, 0.15) is 0 Å². The van der Waals surface area contributed by atoms with Gasteiger partial charge in [-0.1, -0.05) is 0 Å². The van der Waals surface area contributed by atoms with Crippen LogP contribution in [0.2, 0.25) is 0 Å². The van der Waals surface area contributed by atoms with Crippen LogP contribution in [0.15, 0.2) is 0 Å². The second kappa shape index (κ2) is 2.53. The van der Waals surface area contributed by atoms with Gasteiger partial charge in [-0.3, -0.25) is 4.79 Å². The van der Waals surface area contributed by atoms with Gasteiger partial charge < -0.3 is 0 Å². The number of amides is 1. The Morgan fingerprint density at radius 1 is 1.56 bits per heavy atom. The molecule has 0 unspecified atom stereocenters. The maximum Gasteiger partial charge on any atom is 0.323 e. The standard InChI is InChI=1S/C3H6ClNO3S/c1-3(6)5(2)9(4,7)8/h1-2H3. The Balaban J connectivity index is 4.43. The maximum absolute atomic E-state index is 10.3. The van der Waals surface area contributed by atoms with Crippen molar-refractivity contribution in [1.29, 1.82) is 0 Å². The molecule has 0 radical (unpaired) electrons. The molecule has 0 fully saturated rings. The molecule has 0 N–H and O–H groups in total. The van der Waals surface area contributed by atoms with Gasteiger partial charge in [-0.15, -0.1) is 0 Å². The molecule has 0 spiro atoms. The fraction of sp³-hybridized carbons (Fsp3) is 0.667. The van der Waals surface area contributed by atoms with E-state index in [9.17, 15) is 13.2 Å². The number of rotatable bonds is 1. The highest BCUT2D eigenvalue weighted by Gasteiger charge is 2.15. The van der Waals surface area contributed by atoms with E-state index in [0.29, 0.717) is 4.31 Å². The number of nitrogens with zero attached hydrogens (tertiary/aromatic N) is 1. The minimum atomic E-state index is -3.85. The van der Waals surface area contributed by atoms with Crippen LogP contribution in [0.4, 0.5) is 0 Å². The largest absolute Gasteiger partial charge is 0.323 e. The van der Waals surface area contributed by atoms with E-state index in [-0.39, 0.29) is 0 Å². The topological polar surface area (TPSA) is 54.5 Å². The van der Waals surface area contributed by atoms with E-state index in [4.69, 9.17) is 10.7 Å². The molecule has 0 aromatic carbocycles. The molecular weight excluding hydrogens is 166 g/mol. The van der Waals surface area contributed by atoms with Crippen LogP contribution in [-0.4, -0.2) is 25.7 Å². The van der Waals surface area contributed by atoms with E-state index in [0.717, 1.165) is 14.0 Å². The monoisotopic (exact) mass is 171 g/mol. The highest BCUT2D eigenvalue weighted by Crippen LogP contribution is 2.01. The molecular formula is C3H6ClNO3S. The number of hydrogen-bond acceptors (Lipinski definition) is 3. The average molecular weight is 172 g/mol. The van der Waals surface area contributed by atoms with Gasteiger partial charge in [-0.05, 0) is 0 Å². The van der Waals surface area contributed by atoms with Crippen LogP contribution < -0.4 is 0 Å². The van der Waals surface area contributed by atoms with Crippen LogP contribution in [0.3, 0.4) is 0 Å².